The molecule has 2 N–H and O–H groups in total. The van der Waals surface area contributed by atoms with Crippen LogP contribution in [0.25, 0.3) is 10.4 Å². The Morgan fingerprint density at radius 3 is 2.83 bits per heavy atom. The molecule has 0 bridgehead atoms. The van der Waals surface area contributed by atoms with Crippen LogP contribution >= 0.6 is 46.7 Å². The van der Waals surface area contributed by atoms with Gasteiger partial charge in [0.1, 0.15) is 17.1 Å². The first kappa shape index (κ1) is 21.7. The van der Waals surface area contributed by atoms with Crippen molar-refractivity contribution in [2.45, 2.75) is 16.3 Å². The average molecular weight is 474 g/mol. The van der Waals surface area contributed by atoms with Crippen molar-refractivity contribution in [3.8, 4) is 0 Å². The minimum atomic E-state index is -1.27. The number of benzene rings is 1. The van der Waals surface area contributed by atoms with Gasteiger partial charge in [-0.15, -0.1) is 23.5 Å². The van der Waals surface area contributed by atoms with E-state index in [1.54, 1.807) is 18.2 Å². The Kier molecular flexibility index (Phi) is 6.86. The van der Waals surface area contributed by atoms with E-state index in [4.69, 9.17) is 28.7 Å². The lowest BCUT2D eigenvalue weighted by Crippen LogP contribution is -2.70. The van der Waals surface area contributed by atoms with E-state index in [9.17, 15) is 19.5 Å². The van der Waals surface area contributed by atoms with Gasteiger partial charge in [-0.2, -0.15) is 0 Å². The molecule has 1 saturated heterocycles. The van der Waals surface area contributed by atoms with Crippen LogP contribution in [0.1, 0.15) is 0 Å². The quantitative estimate of drug-likeness (QED) is 0.205. The van der Waals surface area contributed by atoms with Crippen molar-refractivity contribution in [2.75, 3.05) is 18.1 Å². The van der Waals surface area contributed by atoms with Crippen LogP contribution in [0, 0.1) is 0 Å². The molecule has 0 saturated carbocycles. The summed E-state index contributed by atoms with van der Waals surface area (Å²) in [6, 6.07) is 4.19. The molecule has 0 radical (unpaired) electrons. The molecule has 152 valence electrons. The van der Waals surface area contributed by atoms with Crippen molar-refractivity contribution in [2.24, 2.45) is 5.11 Å². The number of thioether (sulfide) groups is 2. The molecule has 2 aliphatic rings. The average Bonchev–Trinajstić information content (AvgIpc) is 2.70. The Morgan fingerprint density at radius 2 is 2.17 bits per heavy atom. The zero-order valence-corrected chi connectivity index (χ0v) is 17.7. The number of rotatable bonds is 7. The van der Waals surface area contributed by atoms with Crippen molar-refractivity contribution in [3.05, 3.63) is 50.0 Å². The van der Waals surface area contributed by atoms with E-state index in [0.29, 0.717) is 21.4 Å². The molecule has 13 heteroatoms. The molecule has 2 aliphatic heterocycles. The Hall–Kier alpha value is -2.04. The second kappa shape index (κ2) is 9.19. The highest BCUT2D eigenvalue weighted by molar-refractivity contribution is 8.00. The van der Waals surface area contributed by atoms with Crippen LogP contribution in [0.15, 0.2) is 39.5 Å². The Labute approximate surface area is 183 Å². The molecule has 3 rings (SSSR count). The molecule has 2 heterocycles. The lowest BCUT2D eigenvalue weighted by molar-refractivity contribution is -0.150. The summed E-state index contributed by atoms with van der Waals surface area (Å²) in [5, 5.41) is 15.8. The molecule has 0 spiro atoms. The number of carboxylic acids is 1. The number of carbonyl (C=O) groups is 3. The van der Waals surface area contributed by atoms with E-state index >= 15 is 0 Å². The number of nitrogens with zero attached hydrogens (tertiary/aromatic N) is 4. The number of hydrogen-bond donors (Lipinski definition) is 2. The van der Waals surface area contributed by atoms with Gasteiger partial charge in [-0.1, -0.05) is 28.3 Å². The zero-order valence-electron chi connectivity index (χ0n) is 14.5. The number of fused-ring (bicyclic) bond motifs is 1. The Bertz CT molecular complexity index is 967. The van der Waals surface area contributed by atoms with Crippen molar-refractivity contribution in [1.29, 1.82) is 0 Å². The summed E-state index contributed by atoms with van der Waals surface area (Å²) < 4.78 is 0. The van der Waals surface area contributed by atoms with E-state index < -0.39 is 23.3 Å². The maximum absolute atomic E-state index is 12.5. The SMILES string of the molecule is [N-]=[N+]=NCC1=C(C(=O)O)N2C(=O)C(NC(=O)CSc3ccc(Cl)c(Cl)c3)[C@H]2SC1. The van der Waals surface area contributed by atoms with Crippen molar-refractivity contribution in [3.63, 3.8) is 0 Å². The molecule has 0 aliphatic carbocycles. The highest BCUT2D eigenvalue weighted by Gasteiger charge is 2.53. The summed E-state index contributed by atoms with van der Waals surface area (Å²) in [4.78, 5) is 40.8. The third kappa shape index (κ3) is 4.59. The van der Waals surface area contributed by atoms with Gasteiger partial charge < -0.3 is 10.4 Å². The van der Waals surface area contributed by atoms with Crippen LogP contribution in [0.3, 0.4) is 0 Å². The number of hydrogen-bond acceptors (Lipinski definition) is 6. The molecule has 2 atom stereocenters. The Morgan fingerprint density at radius 1 is 1.41 bits per heavy atom. The highest BCUT2D eigenvalue weighted by atomic mass is 35.5. The van der Waals surface area contributed by atoms with E-state index in [2.05, 4.69) is 15.3 Å². The molecule has 0 aromatic heterocycles. The monoisotopic (exact) mass is 473 g/mol. The Balaban J connectivity index is 1.62. The second-order valence-electron chi connectivity index (χ2n) is 5.97. The van der Waals surface area contributed by atoms with Crippen LogP contribution in [0.4, 0.5) is 0 Å². The van der Waals surface area contributed by atoms with E-state index in [-0.39, 0.29) is 23.9 Å². The number of halogens is 2. The number of azide groups is 1. The van der Waals surface area contributed by atoms with Gasteiger partial charge in [0.15, 0.2) is 0 Å². The van der Waals surface area contributed by atoms with Crippen molar-refractivity contribution < 1.29 is 19.5 Å². The van der Waals surface area contributed by atoms with E-state index in [0.717, 1.165) is 9.80 Å². The molecule has 1 aromatic rings. The molecular formula is C16H13Cl2N5O4S2. The fraction of sp³-hybridized carbons (Fsp3) is 0.312. The lowest BCUT2D eigenvalue weighted by atomic mass is 10.0. The normalized spacial score (nSPS) is 20.5. The number of carboxylic acid groups (broad SMARTS) is 1. The fourth-order valence-electron chi connectivity index (χ4n) is 2.85. The van der Waals surface area contributed by atoms with Gasteiger partial charge in [-0.25, -0.2) is 4.79 Å². The molecule has 1 aromatic carbocycles. The second-order valence-corrected chi connectivity index (χ2v) is 8.93. The third-order valence-corrected chi connectivity index (χ3v) is 7.22. The summed E-state index contributed by atoms with van der Waals surface area (Å²) in [7, 11) is 0. The zero-order chi connectivity index (χ0) is 21.1. The van der Waals surface area contributed by atoms with Crippen LogP contribution in [-0.2, 0) is 14.4 Å². The number of aliphatic carboxylic acids is 1. The molecular weight excluding hydrogens is 461 g/mol. The summed E-state index contributed by atoms with van der Waals surface area (Å²) in [5.41, 5.74) is 8.63. The van der Waals surface area contributed by atoms with Gasteiger partial charge in [0.2, 0.25) is 5.91 Å². The summed E-state index contributed by atoms with van der Waals surface area (Å²) in [5.74, 6) is -1.79. The molecule has 1 fully saturated rings. The van der Waals surface area contributed by atoms with Crippen molar-refractivity contribution >= 4 is 64.5 Å². The van der Waals surface area contributed by atoms with E-state index in [1.807, 2.05) is 0 Å². The lowest BCUT2D eigenvalue weighted by Gasteiger charge is -2.49. The topological polar surface area (TPSA) is 135 Å². The van der Waals surface area contributed by atoms with Gasteiger partial charge in [0.25, 0.3) is 5.91 Å². The van der Waals surface area contributed by atoms with Crippen LogP contribution in [0.5, 0.6) is 0 Å². The highest BCUT2D eigenvalue weighted by Crippen LogP contribution is 2.40. The maximum atomic E-state index is 12.5. The minimum absolute atomic E-state index is 0.0584. The number of nitrogens with one attached hydrogen (secondary N) is 1. The summed E-state index contributed by atoms with van der Waals surface area (Å²) >= 11 is 14.4. The summed E-state index contributed by atoms with van der Waals surface area (Å²) in [6.07, 6.45) is 0. The first-order valence-electron chi connectivity index (χ1n) is 8.11. The molecule has 2 amide bonds. The largest absolute Gasteiger partial charge is 0.477 e. The van der Waals surface area contributed by atoms with Crippen molar-refractivity contribution in [1.82, 2.24) is 10.2 Å². The first-order chi connectivity index (χ1) is 13.8. The van der Waals surface area contributed by atoms with Gasteiger partial charge in [0.05, 0.1) is 22.3 Å². The van der Waals surface area contributed by atoms with Gasteiger partial charge >= 0.3 is 5.97 Å². The van der Waals surface area contributed by atoms with Gasteiger partial charge in [-0.3, -0.25) is 14.5 Å². The molecule has 9 nitrogen and oxygen atoms in total. The van der Waals surface area contributed by atoms with E-state index in [1.165, 1.54) is 23.5 Å². The number of carbonyl (C=O) groups excluding carboxylic acids is 2. The maximum Gasteiger partial charge on any atom is 0.352 e. The molecule has 29 heavy (non-hydrogen) atoms. The smallest absolute Gasteiger partial charge is 0.352 e. The van der Waals surface area contributed by atoms with Crippen LogP contribution < -0.4 is 5.32 Å². The van der Waals surface area contributed by atoms with Crippen LogP contribution in [-0.4, -0.2) is 57.3 Å². The molecule has 1 unspecified atom stereocenters. The fourth-order valence-corrected chi connectivity index (χ4v) is 5.30. The minimum Gasteiger partial charge on any atom is -0.477 e. The number of amides is 2. The number of β-lactam (4-membered cyclic amide) rings is 1. The first-order valence-corrected chi connectivity index (χ1v) is 10.9. The third-order valence-electron chi connectivity index (χ3n) is 4.15. The standard InChI is InChI=1S/C16H13Cl2N5O4S2/c17-9-2-1-8(3-10(9)18)28-6-11(24)21-12-14(25)23-13(16(26)27)7(4-20-22-19)5-29-15(12)23/h1-3,12,15H,4-6H2,(H,21,24)(H,26,27)/t12?,15-/m1/s1. The predicted octanol–water partition coefficient (Wildman–Crippen LogP) is 3.13. The summed E-state index contributed by atoms with van der Waals surface area (Å²) in [6.45, 7) is -0.126. The predicted molar refractivity (Wildman–Crippen MR) is 111 cm³/mol. The van der Waals surface area contributed by atoms with Crippen LogP contribution in [0.2, 0.25) is 10.0 Å². The van der Waals surface area contributed by atoms with Gasteiger partial charge in [0, 0.05) is 15.6 Å². The van der Waals surface area contributed by atoms with Gasteiger partial charge in [-0.05, 0) is 29.3 Å².